The van der Waals surface area contributed by atoms with E-state index in [-0.39, 0.29) is 0 Å². The second kappa shape index (κ2) is 10.7. The molecule has 2 heteroatoms. The smallest absolute Gasteiger partial charge is 0.0541 e. The Morgan fingerprint density at radius 2 is 1.21 bits per heavy atom. The Hall–Kier alpha value is -5.60. The fourth-order valence-electron chi connectivity index (χ4n) is 8.10. The minimum atomic E-state index is 0.347. The summed E-state index contributed by atoms with van der Waals surface area (Å²) in [5.74, 6) is 0.347. The van der Waals surface area contributed by atoms with E-state index in [0.717, 1.165) is 6.42 Å². The molecule has 0 saturated heterocycles. The first-order valence-electron chi connectivity index (χ1n) is 16.7. The zero-order chi connectivity index (χ0) is 31.6. The molecule has 0 radical (unpaired) electrons. The summed E-state index contributed by atoms with van der Waals surface area (Å²) < 4.78 is 4.95. The van der Waals surface area contributed by atoms with Crippen LogP contribution in [-0.2, 0) is 0 Å². The van der Waals surface area contributed by atoms with Crippen molar-refractivity contribution < 1.29 is 0 Å². The average Bonchev–Trinajstić information content (AvgIpc) is 3.62. The number of allylic oxidation sites excluding steroid dienone is 1. The van der Waals surface area contributed by atoms with Crippen LogP contribution in [0.2, 0.25) is 0 Å². The third-order valence-corrected chi connectivity index (χ3v) is 10.3. The third-order valence-electron chi connectivity index (χ3n) is 10.3. The van der Waals surface area contributed by atoms with Gasteiger partial charge in [0, 0.05) is 44.7 Å². The van der Waals surface area contributed by atoms with Gasteiger partial charge in [0.05, 0.1) is 16.6 Å². The minimum absolute atomic E-state index is 0.347. The summed E-state index contributed by atoms with van der Waals surface area (Å²) in [6.45, 7) is 6.90. The van der Waals surface area contributed by atoms with Crippen molar-refractivity contribution in [3.8, 4) is 22.5 Å². The van der Waals surface area contributed by atoms with Crippen LogP contribution < -0.4 is 0 Å². The first-order valence-corrected chi connectivity index (χ1v) is 16.7. The molecule has 47 heavy (non-hydrogen) atoms. The van der Waals surface area contributed by atoms with Gasteiger partial charge in [-0.2, -0.15) is 0 Å². The molecule has 0 bridgehead atoms. The maximum absolute atomic E-state index is 2.55. The van der Waals surface area contributed by atoms with E-state index in [2.05, 4.69) is 176 Å². The number of aromatic nitrogens is 2. The topological polar surface area (TPSA) is 9.86 Å². The van der Waals surface area contributed by atoms with Crippen molar-refractivity contribution in [1.82, 2.24) is 9.13 Å². The zero-order valence-corrected chi connectivity index (χ0v) is 27.0. The molecule has 1 aliphatic rings. The van der Waals surface area contributed by atoms with Gasteiger partial charge in [0.25, 0.3) is 0 Å². The molecule has 9 rings (SSSR count). The number of rotatable bonds is 4. The number of aryl methyl sites for hydroxylation is 1. The van der Waals surface area contributed by atoms with Crippen molar-refractivity contribution in [3.05, 3.63) is 167 Å². The Morgan fingerprint density at radius 1 is 0.553 bits per heavy atom. The van der Waals surface area contributed by atoms with Crippen LogP contribution in [-0.4, -0.2) is 9.13 Å². The van der Waals surface area contributed by atoms with Crippen LogP contribution in [0, 0.1) is 13.8 Å². The van der Waals surface area contributed by atoms with Gasteiger partial charge < -0.3 is 9.13 Å². The Morgan fingerprint density at radius 3 is 2.02 bits per heavy atom. The van der Waals surface area contributed by atoms with Gasteiger partial charge >= 0.3 is 0 Å². The molecular weight excluding hydrogens is 569 g/mol. The maximum Gasteiger partial charge on any atom is 0.0541 e. The van der Waals surface area contributed by atoms with Crippen LogP contribution in [0.3, 0.4) is 0 Å². The van der Waals surface area contributed by atoms with E-state index in [1.165, 1.54) is 88.7 Å². The normalized spacial score (nSPS) is 14.5. The van der Waals surface area contributed by atoms with Crippen molar-refractivity contribution in [2.24, 2.45) is 0 Å². The highest BCUT2D eigenvalue weighted by molar-refractivity contribution is 6.10. The number of benzene rings is 6. The monoisotopic (exact) mass is 604 g/mol. The maximum atomic E-state index is 2.55. The molecule has 1 unspecified atom stereocenters. The second-order valence-electron chi connectivity index (χ2n) is 13.1. The molecule has 0 spiro atoms. The van der Waals surface area contributed by atoms with E-state index in [1.807, 2.05) is 0 Å². The predicted molar refractivity (Wildman–Crippen MR) is 200 cm³/mol. The van der Waals surface area contributed by atoms with Gasteiger partial charge in [-0.25, -0.2) is 0 Å². The number of fused-ring (bicyclic) bond motifs is 6. The fraction of sp³-hybridized carbons (Fsp3) is 0.111. The van der Waals surface area contributed by atoms with Crippen LogP contribution in [0.25, 0.3) is 66.9 Å². The lowest BCUT2D eigenvalue weighted by Crippen LogP contribution is -2.10. The lowest BCUT2D eigenvalue weighted by molar-refractivity contribution is 0.732. The molecule has 1 aliphatic carbocycles. The first kappa shape index (κ1) is 27.7. The van der Waals surface area contributed by atoms with Crippen LogP contribution in [0.5, 0.6) is 0 Å². The average molecular weight is 605 g/mol. The zero-order valence-electron chi connectivity index (χ0n) is 27.0. The first-order chi connectivity index (χ1) is 23.1. The van der Waals surface area contributed by atoms with Gasteiger partial charge in [-0.3, -0.25) is 0 Å². The molecule has 1 atom stereocenters. The predicted octanol–water partition coefficient (Wildman–Crippen LogP) is 12.1. The molecule has 226 valence electrons. The minimum Gasteiger partial charge on any atom is -0.312 e. The Bertz CT molecular complexity index is 2520. The van der Waals surface area contributed by atoms with Gasteiger partial charge in [-0.15, -0.1) is 0 Å². The van der Waals surface area contributed by atoms with Crippen molar-refractivity contribution in [3.63, 3.8) is 0 Å². The van der Waals surface area contributed by atoms with Crippen molar-refractivity contribution in [1.29, 1.82) is 0 Å². The van der Waals surface area contributed by atoms with E-state index in [4.69, 9.17) is 0 Å². The van der Waals surface area contributed by atoms with E-state index < -0.39 is 0 Å². The molecule has 6 aromatic carbocycles. The molecule has 0 saturated carbocycles. The number of para-hydroxylation sites is 3. The SMILES string of the molecule is Cc1ccccc1-c1cccc(-n2c3c(c4ccccc42)C=C(c2ccc4c(c2)c2ccccc2n4-c2ccccc2)CC3C)c1C. The van der Waals surface area contributed by atoms with Crippen LogP contribution in [0.4, 0.5) is 0 Å². The van der Waals surface area contributed by atoms with Gasteiger partial charge in [0.1, 0.15) is 0 Å². The molecule has 2 aromatic heterocycles. The second-order valence-corrected chi connectivity index (χ2v) is 13.1. The summed E-state index contributed by atoms with van der Waals surface area (Å²) in [4.78, 5) is 0. The Balaban J connectivity index is 1.23. The molecular formula is C45H36N2. The lowest BCUT2D eigenvalue weighted by Gasteiger charge is -2.25. The highest BCUT2D eigenvalue weighted by Gasteiger charge is 2.28. The van der Waals surface area contributed by atoms with Gasteiger partial charge in [0.2, 0.25) is 0 Å². The summed E-state index contributed by atoms with van der Waals surface area (Å²) in [6.07, 6.45) is 3.47. The van der Waals surface area contributed by atoms with Gasteiger partial charge in [-0.05, 0) is 102 Å². The highest BCUT2D eigenvalue weighted by atomic mass is 15.0. The molecule has 0 aliphatic heterocycles. The molecule has 2 heterocycles. The van der Waals surface area contributed by atoms with Crippen molar-refractivity contribution in [2.75, 3.05) is 0 Å². The molecule has 0 fully saturated rings. The summed E-state index contributed by atoms with van der Waals surface area (Å²) in [5, 5.41) is 3.90. The van der Waals surface area contributed by atoms with Crippen molar-refractivity contribution in [2.45, 2.75) is 33.1 Å². The molecule has 8 aromatic rings. The summed E-state index contributed by atoms with van der Waals surface area (Å²) in [5.41, 5.74) is 16.9. The molecule has 0 N–H and O–H groups in total. The highest BCUT2D eigenvalue weighted by Crippen LogP contribution is 2.46. The van der Waals surface area contributed by atoms with Crippen LogP contribution in [0.15, 0.2) is 140 Å². The van der Waals surface area contributed by atoms with Crippen LogP contribution in [0.1, 0.15) is 47.2 Å². The van der Waals surface area contributed by atoms with E-state index in [1.54, 1.807) is 0 Å². The Kier molecular flexibility index (Phi) is 6.33. The summed E-state index contributed by atoms with van der Waals surface area (Å²) in [6, 6.07) is 51.0. The molecule has 0 amide bonds. The number of hydrogen-bond acceptors (Lipinski definition) is 0. The van der Waals surface area contributed by atoms with E-state index >= 15 is 0 Å². The number of hydrogen-bond donors (Lipinski definition) is 0. The number of nitrogens with zero attached hydrogens (tertiary/aromatic N) is 2. The molecule has 2 nitrogen and oxygen atoms in total. The van der Waals surface area contributed by atoms with Crippen LogP contribution >= 0.6 is 0 Å². The summed E-state index contributed by atoms with van der Waals surface area (Å²) >= 11 is 0. The van der Waals surface area contributed by atoms with Gasteiger partial charge in [-0.1, -0.05) is 104 Å². The third kappa shape index (κ3) is 4.25. The lowest BCUT2D eigenvalue weighted by atomic mass is 9.84. The fourth-order valence-corrected chi connectivity index (χ4v) is 8.10. The Labute approximate surface area is 275 Å². The quantitative estimate of drug-likeness (QED) is 0.189. The largest absolute Gasteiger partial charge is 0.312 e. The van der Waals surface area contributed by atoms with Gasteiger partial charge in [0.15, 0.2) is 0 Å². The van der Waals surface area contributed by atoms with Crippen molar-refractivity contribution >= 4 is 44.4 Å². The van der Waals surface area contributed by atoms with E-state index in [0.29, 0.717) is 5.92 Å². The van der Waals surface area contributed by atoms with E-state index in [9.17, 15) is 0 Å². The standard InChI is InChI=1S/C45H36N2/c1-29-14-7-8-17-35(29)36-20-13-23-41(31(36)3)47-43-22-12-10-19-38(43)40-28-33(26-30(2)45(40)47)32-24-25-44-39(27-32)37-18-9-11-21-42(37)46(44)34-15-5-4-6-16-34/h4-25,27-28,30H,26H2,1-3H3. The summed E-state index contributed by atoms with van der Waals surface area (Å²) in [7, 11) is 0.